The number of aryl methyl sites for hydroxylation is 1. The summed E-state index contributed by atoms with van der Waals surface area (Å²) >= 11 is 0. The lowest BCUT2D eigenvalue weighted by molar-refractivity contribution is 0.679. The molecule has 0 aliphatic carbocycles. The van der Waals surface area contributed by atoms with E-state index in [0.29, 0.717) is 5.75 Å². The Morgan fingerprint density at radius 3 is 2.31 bits per heavy atom. The molecule has 1 aliphatic rings. The Hall–Kier alpha value is -1.09. The summed E-state index contributed by atoms with van der Waals surface area (Å²) in [5.74, 6) is 0.666. The van der Waals surface area contributed by atoms with Crippen molar-refractivity contribution in [3.05, 3.63) is 41.0 Å². The zero-order valence-electron chi connectivity index (χ0n) is 9.99. The van der Waals surface area contributed by atoms with Gasteiger partial charge in [-0.2, -0.15) is 0 Å². The minimum Gasteiger partial charge on any atom is -0.287 e. The largest absolute Gasteiger partial charge is 0.287 e. The number of anilines is 1. The molecule has 0 saturated heterocycles. The Bertz CT molecular complexity index is 448. The smallest absolute Gasteiger partial charge is 0.124 e. The topological polar surface area (TPSA) is 20.3 Å². The molecule has 0 saturated carbocycles. The van der Waals surface area contributed by atoms with Gasteiger partial charge in [-0.1, -0.05) is 28.8 Å². The highest BCUT2D eigenvalue weighted by atomic mass is 32.2. The van der Waals surface area contributed by atoms with Crippen molar-refractivity contribution in [1.29, 1.82) is 0 Å². The Balaban J connectivity index is 2.29. The van der Waals surface area contributed by atoms with Crippen molar-refractivity contribution in [3.63, 3.8) is 0 Å². The molecule has 1 aromatic rings. The quantitative estimate of drug-likeness (QED) is 0.685. The van der Waals surface area contributed by atoms with Gasteiger partial charge < -0.3 is 0 Å². The van der Waals surface area contributed by atoms with Crippen molar-refractivity contribution in [2.45, 2.75) is 20.8 Å². The maximum absolute atomic E-state index is 12.0. The molecule has 3 heteroatoms. The minimum absolute atomic E-state index is 0.666. The second kappa shape index (κ2) is 4.42. The van der Waals surface area contributed by atoms with Crippen LogP contribution in [-0.4, -0.2) is 16.5 Å². The normalized spacial score (nSPS) is 21.4. The molecular formula is C13H17NOS. The highest BCUT2D eigenvalue weighted by Crippen LogP contribution is 2.24. The van der Waals surface area contributed by atoms with Crippen molar-refractivity contribution < 1.29 is 4.21 Å². The van der Waals surface area contributed by atoms with Crippen molar-refractivity contribution >= 4 is 16.7 Å². The lowest BCUT2D eigenvalue weighted by Crippen LogP contribution is -2.34. The second-order valence-electron chi connectivity index (χ2n) is 4.40. The molecule has 1 aliphatic heterocycles. The second-order valence-corrected chi connectivity index (χ2v) is 5.77. The Labute approximate surface area is 99.6 Å². The Kier molecular flexibility index (Phi) is 3.15. The fraction of sp³-hybridized carbons (Fsp3) is 0.385. The first-order valence-corrected chi connectivity index (χ1v) is 6.73. The molecule has 0 amide bonds. The van der Waals surface area contributed by atoms with Gasteiger partial charge in [0, 0.05) is 5.69 Å². The highest BCUT2D eigenvalue weighted by molar-refractivity contribution is 7.86. The van der Waals surface area contributed by atoms with Crippen LogP contribution in [0.4, 0.5) is 5.69 Å². The van der Waals surface area contributed by atoms with Crippen LogP contribution in [0.1, 0.15) is 19.4 Å². The summed E-state index contributed by atoms with van der Waals surface area (Å²) in [6, 6.07) is 8.21. The fourth-order valence-corrected chi connectivity index (χ4v) is 3.20. The molecule has 0 aromatic heterocycles. The molecule has 0 radical (unpaired) electrons. The molecule has 0 bridgehead atoms. The van der Waals surface area contributed by atoms with Crippen LogP contribution in [0.15, 0.2) is 35.4 Å². The molecule has 86 valence electrons. The van der Waals surface area contributed by atoms with E-state index in [1.165, 1.54) is 16.7 Å². The molecule has 2 rings (SSSR count). The van der Waals surface area contributed by atoms with Gasteiger partial charge in [0.15, 0.2) is 0 Å². The first-order valence-electron chi connectivity index (χ1n) is 5.46. The maximum atomic E-state index is 12.0. The van der Waals surface area contributed by atoms with Gasteiger partial charge in [-0.3, -0.25) is 4.31 Å². The van der Waals surface area contributed by atoms with Crippen molar-refractivity contribution in [1.82, 2.24) is 0 Å². The number of nitrogens with zero attached hydrogens (tertiary/aromatic N) is 1. The van der Waals surface area contributed by atoms with E-state index in [2.05, 4.69) is 32.9 Å². The Morgan fingerprint density at radius 2 is 1.69 bits per heavy atom. The van der Waals surface area contributed by atoms with Crippen LogP contribution < -0.4 is 4.31 Å². The van der Waals surface area contributed by atoms with Crippen LogP contribution in [0.5, 0.6) is 0 Å². The molecule has 2 nitrogen and oxygen atoms in total. The lowest BCUT2D eigenvalue weighted by atomic mass is 10.1. The lowest BCUT2D eigenvalue weighted by Gasteiger charge is -2.29. The zero-order chi connectivity index (χ0) is 11.7. The first-order chi connectivity index (χ1) is 7.58. The molecule has 0 spiro atoms. The number of benzene rings is 1. The van der Waals surface area contributed by atoms with Gasteiger partial charge in [0.1, 0.15) is 11.0 Å². The van der Waals surface area contributed by atoms with Crippen molar-refractivity contribution in [3.8, 4) is 0 Å². The SMILES string of the molecule is CC1=C(C)CS(=O)N(c2ccc(C)cc2)C1. The van der Waals surface area contributed by atoms with Gasteiger partial charge in [0.25, 0.3) is 0 Å². The summed E-state index contributed by atoms with van der Waals surface area (Å²) in [5.41, 5.74) is 4.88. The summed E-state index contributed by atoms with van der Waals surface area (Å²) in [5, 5.41) is 0. The number of hydrogen-bond acceptors (Lipinski definition) is 1. The van der Waals surface area contributed by atoms with E-state index in [1.54, 1.807) is 0 Å². The summed E-state index contributed by atoms with van der Waals surface area (Å²) < 4.78 is 14.0. The maximum Gasteiger partial charge on any atom is 0.124 e. The average molecular weight is 235 g/mol. The summed E-state index contributed by atoms with van der Waals surface area (Å²) in [6.45, 7) is 7.03. The number of rotatable bonds is 1. The summed E-state index contributed by atoms with van der Waals surface area (Å²) in [7, 11) is -0.911. The van der Waals surface area contributed by atoms with Crippen molar-refractivity contribution in [2.75, 3.05) is 16.6 Å². The van der Waals surface area contributed by atoms with Crippen LogP contribution in [-0.2, 0) is 11.0 Å². The average Bonchev–Trinajstić information content (AvgIpc) is 2.25. The van der Waals surface area contributed by atoms with E-state index in [0.717, 1.165) is 12.2 Å². The van der Waals surface area contributed by atoms with Gasteiger partial charge in [0.05, 0.1) is 12.3 Å². The van der Waals surface area contributed by atoms with Gasteiger partial charge in [-0.05, 0) is 32.9 Å². The van der Waals surface area contributed by atoms with Crippen LogP contribution in [0.3, 0.4) is 0 Å². The van der Waals surface area contributed by atoms with E-state index in [4.69, 9.17) is 0 Å². The first kappa shape index (κ1) is 11.4. The van der Waals surface area contributed by atoms with Crippen molar-refractivity contribution in [2.24, 2.45) is 0 Å². The third kappa shape index (κ3) is 2.19. The molecule has 0 fully saturated rings. The van der Waals surface area contributed by atoms with Gasteiger partial charge in [-0.25, -0.2) is 4.21 Å². The van der Waals surface area contributed by atoms with E-state index < -0.39 is 11.0 Å². The standard InChI is InChI=1S/C13H17NOS/c1-10-4-6-13(7-5-10)14-8-11(2)12(3)9-16(14)15/h4-7H,8-9H2,1-3H3. The van der Waals surface area contributed by atoms with Crippen LogP contribution in [0.2, 0.25) is 0 Å². The van der Waals surface area contributed by atoms with Crippen LogP contribution >= 0.6 is 0 Å². The van der Waals surface area contributed by atoms with E-state index in [9.17, 15) is 4.21 Å². The molecule has 16 heavy (non-hydrogen) atoms. The Morgan fingerprint density at radius 1 is 1.06 bits per heavy atom. The monoisotopic (exact) mass is 235 g/mol. The molecule has 1 aromatic carbocycles. The molecule has 1 atom stereocenters. The third-order valence-corrected chi connectivity index (χ3v) is 4.53. The highest BCUT2D eigenvalue weighted by Gasteiger charge is 2.20. The zero-order valence-corrected chi connectivity index (χ0v) is 10.8. The predicted molar refractivity (Wildman–Crippen MR) is 69.9 cm³/mol. The summed E-state index contributed by atoms with van der Waals surface area (Å²) in [6.07, 6.45) is 0. The van der Waals surface area contributed by atoms with Gasteiger partial charge in [0.2, 0.25) is 0 Å². The van der Waals surface area contributed by atoms with Crippen LogP contribution in [0.25, 0.3) is 0 Å². The molecule has 1 heterocycles. The molecular weight excluding hydrogens is 218 g/mol. The van der Waals surface area contributed by atoms with E-state index in [-0.39, 0.29) is 0 Å². The molecule has 1 unspecified atom stereocenters. The number of hydrogen-bond donors (Lipinski definition) is 0. The van der Waals surface area contributed by atoms with E-state index in [1.807, 2.05) is 16.4 Å². The van der Waals surface area contributed by atoms with Crippen LogP contribution in [0, 0.1) is 6.92 Å². The summed E-state index contributed by atoms with van der Waals surface area (Å²) in [4.78, 5) is 0. The fourth-order valence-electron chi connectivity index (χ4n) is 1.73. The van der Waals surface area contributed by atoms with Gasteiger partial charge in [-0.15, -0.1) is 0 Å². The van der Waals surface area contributed by atoms with Gasteiger partial charge >= 0.3 is 0 Å². The molecule has 0 N–H and O–H groups in total. The minimum atomic E-state index is -0.911. The third-order valence-electron chi connectivity index (χ3n) is 3.02. The predicted octanol–water partition coefficient (Wildman–Crippen LogP) is 2.82. The van der Waals surface area contributed by atoms with E-state index >= 15 is 0 Å².